The fourth-order valence-electron chi connectivity index (χ4n) is 2.37. The molecule has 0 atom stereocenters. The van der Waals surface area contributed by atoms with Crippen molar-refractivity contribution < 1.29 is 9.53 Å². The zero-order valence-electron chi connectivity index (χ0n) is 15.4. The fraction of sp³-hybridized carbons (Fsp3) is 0.250. The van der Waals surface area contributed by atoms with Gasteiger partial charge in [-0.05, 0) is 30.3 Å². The molecule has 3 aromatic rings. The van der Waals surface area contributed by atoms with Crippen molar-refractivity contribution in [1.82, 2.24) is 20.1 Å². The first-order valence-electron chi connectivity index (χ1n) is 8.56. The SMILES string of the molecule is CC(C)(C)c1nc(CNC(=O)Oc2ccccc2)n(-c2cccc(Cl)c2)n1. The Kier molecular flexibility index (Phi) is 5.46. The Morgan fingerprint density at radius 1 is 1.15 bits per heavy atom. The van der Waals surface area contributed by atoms with Crippen molar-refractivity contribution in [2.75, 3.05) is 0 Å². The first kappa shape index (κ1) is 18.9. The minimum Gasteiger partial charge on any atom is -0.410 e. The minimum atomic E-state index is -0.556. The Bertz CT molecular complexity index is 933. The van der Waals surface area contributed by atoms with E-state index in [1.165, 1.54) is 0 Å². The zero-order chi connectivity index (χ0) is 19.4. The standard InChI is InChI=1S/C20H21ClN4O2/c1-20(2,3)18-23-17(25(24-18)15-9-7-8-14(21)12-15)13-22-19(26)27-16-10-5-4-6-11-16/h4-12H,13H2,1-3H3,(H,22,26). The van der Waals surface area contributed by atoms with Gasteiger partial charge in [-0.15, -0.1) is 0 Å². The third-order valence-corrected chi connectivity index (χ3v) is 3.98. The van der Waals surface area contributed by atoms with Crippen molar-refractivity contribution in [1.29, 1.82) is 0 Å². The average molecular weight is 385 g/mol. The van der Waals surface area contributed by atoms with Gasteiger partial charge in [0.2, 0.25) is 0 Å². The lowest BCUT2D eigenvalue weighted by molar-refractivity contribution is 0.199. The van der Waals surface area contributed by atoms with Crippen molar-refractivity contribution in [3.63, 3.8) is 0 Å². The van der Waals surface area contributed by atoms with Gasteiger partial charge < -0.3 is 10.1 Å². The van der Waals surface area contributed by atoms with Gasteiger partial charge in [0.25, 0.3) is 0 Å². The summed E-state index contributed by atoms with van der Waals surface area (Å²) in [5.74, 6) is 1.74. The maximum atomic E-state index is 12.1. The van der Waals surface area contributed by atoms with Crippen molar-refractivity contribution in [2.45, 2.75) is 32.7 Å². The van der Waals surface area contributed by atoms with Crippen LogP contribution in [0.4, 0.5) is 4.79 Å². The van der Waals surface area contributed by atoms with Crippen LogP contribution >= 0.6 is 11.6 Å². The predicted molar refractivity (Wildman–Crippen MR) is 104 cm³/mol. The molecule has 0 fully saturated rings. The van der Waals surface area contributed by atoms with Crippen LogP contribution in [0.1, 0.15) is 32.4 Å². The van der Waals surface area contributed by atoms with Crippen LogP contribution in [0, 0.1) is 0 Å². The summed E-state index contributed by atoms with van der Waals surface area (Å²) in [5.41, 5.74) is 0.544. The van der Waals surface area contributed by atoms with Crippen molar-refractivity contribution in [2.24, 2.45) is 0 Å². The quantitative estimate of drug-likeness (QED) is 0.718. The van der Waals surface area contributed by atoms with E-state index in [0.717, 1.165) is 5.69 Å². The lowest BCUT2D eigenvalue weighted by Crippen LogP contribution is -2.27. The summed E-state index contributed by atoms with van der Waals surface area (Å²) in [4.78, 5) is 16.7. The van der Waals surface area contributed by atoms with Gasteiger partial charge in [0.1, 0.15) is 5.75 Å². The van der Waals surface area contributed by atoms with Crippen LogP contribution in [0.2, 0.25) is 5.02 Å². The van der Waals surface area contributed by atoms with Gasteiger partial charge in [-0.1, -0.05) is 56.6 Å². The van der Waals surface area contributed by atoms with E-state index in [4.69, 9.17) is 16.3 Å². The minimum absolute atomic E-state index is 0.168. The van der Waals surface area contributed by atoms with Crippen molar-refractivity contribution in [3.05, 3.63) is 71.3 Å². The lowest BCUT2D eigenvalue weighted by atomic mass is 9.96. The first-order chi connectivity index (χ1) is 12.8. The second kappa shape index (κ2) is 7.80. The van der Waals surface area contributed by atoms with Crippen LogP contribution < -0.4 is 10.1 Å². The maximum Gasteiger partial charge on any atom is 0.412 e. The third kappa shape index (κ3) is 4.86. The van der Waals surface area contributed by atoms with Crippen molar-refractivity contribution in [3.8, 4) is 11.4 Å². The maximum absolute atomic E-state index is 12.1. The van der Waals surface area contributed by atoms with Gasteiger partial charge in [0.15, 0.2) is 11.6 Å². The molecule has 27 heavy (non-hydrogen) atoms. The van der Waals surface area contributed by atoms with E-state index in [-0.39, 0.29) is 12.0 Å². The lowest BCUT2D eigenvalue weighted by Gasteiger charge is -2.12. The number of rotatable bonds is 4. The molecule has 140 valence electrons. The average Bonchev–Trinajstić information content (AvgIpc) is 3.05. The second-order valence-electron chi connectivity index (χ2n) is 7.05. The summed E-state index contributed by atoms with van der Waals surface area (Å²) in [5, 5.41) is 7.93. The van der Waals surface area contributed by atoms with Crippen molar-refractivity contribution >= 4 is 17.7 Å². The molecule has 1 N–H and O–H groups in total. The van der Waals surface area contributed by atoms with Gasteiger partial charge in [-0.25, -0.2) is 14.5 Å². The first-order valence-corrected chi connectivity index (χ1v) is 8.94. The number of nitrogens with one attached hydrogen (secondary N) is 1. The Labute approximate surface area is 163 Å². The van der Waals surface area contributed by atoms with Crippen LogP contribution in [0.5, 0.6) is 5.75 Å². The Morgan fingerprint density at radius 2 is 1.89 bits per heavy atom. The molecule has 2 aromatic carbocycles. The number of aromatic nitrogens is 3. The highest BCUT2D eigenvalue weighted by Crippen LogP contribution is 2.22. The number of benzene rings is 2. The molecule has 0 saturated heterocycles. The monoisotopic (exact) mass is 384 g/mol. The predicted octanol–water partition coefficient (Wildman–Crippen LogP) is 4.51. The van der Waals surface area contributed by atoms with Crippen LogP contribution in [-0.2, 0) is 12.0 Å². The molecule has 0 unspecified atom stereocenters. The van der Waals surface area contributed by atoms with E-state index < -0.39 is 6.09 Å². The fourth-order valence-corrected chi connectivity index (χ4v) is 2.56. The molecule has 3 rings (SSSR count). The number of hydrogen-bond acceptors (Lipinski definition) is 4. The van der Waals surface area contributed by atoms with E-state index >= 15 is 0 Å². The molecule has 1 amide bonds. The summed E-state index contributed by atoms with van der Waals surface area (Å²) in [6.45, 7) is 6.27. The number of halogens is 1. The Morgan fingerprint density at radius 3 is 2.56 bits per heavy atom. The van der Waals surface area contributed by atoms with Gasteiger partial charge in [-0.2, -0.15) is 5.10 Å². The topological polar surface area (TPSA) is 69.0 Å². The smallest absolute Gasteiger partial charge is 0.410 e. The van der Waals surface area contributed by atoms with Crippen LogP contribution in [-0.4, -0.2) is 20.9 Å². The molecule has 1 aromatic heterocycles. The van der Waals surface area contributed by atoms with E-state index in [0.29, 0.717) is 22.4 Å². The van der Waals surface area contributed by atoms with Crippen LogP contribution in [0.25, 0.3) is 5.69 Å². The highest BCUT2D eigenvalue weighted by molar-refractivity contribution is 6.30. The van der Waals surface area contributed by atoms with E-state index in [1.807, 2.05) is 39.0 Å². The number of para-hydroxylation sites is 1. The van der Waals surface area contributed by atoms with Gasteiger partial charge >= 0.3 is 6.09 Å². The van der Waals surface area contributed by atoms with Gasteiger partial charge in [0.05, 0.1) is 12.2 Å². The molecule has 7 heteroatoms. The third-order valence-electron chi connectivity index (χ3n) is 3.74. The number of amides is 1. The summed E-state index contributed by atoms with van der Waals surface area (Å²) in [6.07, 6.45) is -0.556. The molecule has 0 radical (unpaired) electrons. The normalized spacial score (nSPS) is 11.3. The summed E-state index contributed by atoms with van der Waals surface area (Å²) in [6, 6.07) is 16.2. The van der Waals surface area contributed by atoms with E-state index in [1.54, 1.807) is 41.1 Å². The van der Waals surface area contributed by atoms with Crippen LogP contribution in [0.3, 0.4) is 0 Å². The molecule has 0 aliphatic carbocycles. The van der Waals surface area contributed by atoms with Gasteiger partial charge in [-0.3, -0.25) is 0 Å². The molecular formula is C20H21ClN4O2. The van der Waals surface area contributed by atoms with E-state index in [2.05, 4.69) is 15.4 Å². The summed E-state index contributed by atoms with van der Waals surface area (Å²) in [7, 11) is 0. The molecule has 0 aliphatic heterocycles. The zero-order valence-corrected chi connectivity index (χ0v) is 16.2. The molecule has 0 saturated carbocycles. The molecule has 0 spiro atoms. The Hall–Kier alpha value is -2.86. The summed E-state index contributed by atoms with van der Waals surface area (Å²) < 4.78 is 6.94. The Balaban J connectivity index is 1.81. The van der Waals surface area contributed by atoms with E-state index in [9.17, 15) is 4.79 Å². The molecule has 0 aliphatic rings. The number of hydrogen-bond donors (Lipinski definition) is 1. The highest BCUT2D eigenvalue weighted by Gasteiger charge is 2.23. The highest BCUT2D eigenvalue weighted by atomic mass is 35.5. The molecule has 6 nitrogen and oxygen atoms in total. The number of carbonyl (C=O) groups excluding carboxylic acids is 1. The number of carbonyl (C=O) groups is 1. The summed E-state index contributed by atoms with van der Waals surface area (Å²) >= 11 is 6.11. The number of ether oxygens (including phenoxy) is 1. The molecular weight excluding hydrogens is 364 g/mol. The largest absolute Gasteiger partial charge is 0.412 e. The van der Waals surface area contributed by atoms with Gasteiger partial charge in [0, 0.05) is 10.4 Å². The van der Waals surface area contributed by atoms with Crippen LogP contribution in [0.15, 0.2) is 54.6 Å². The molecule has 0 bridgehead atoms. The molecule has 1 heterocycles. The second-order valence-corrected chi connectivity index (χ2v) is 7.49. The number of nitrogens with zero attached hydrogens (tertiary/aromatic N) is 3.